The number of likely N-dealkylation sites (N-methyl/N-ethyl adjacent to an activating group) is 1. The average molecular weight is 393 g/mol. The second-order valence-electron chi connectivity index (χ2n) is 6.43. The van der Waals surface area contributed by atoms with Crippen molar-refractivity contribution in [1.82, 2.24) is 14.9 Å². The third kappa shape index (κ3) is 5.12. The lowest BCUT2D eigenvalue weighted by atomic mass is 10.0. The molecule has 2 N–H and O–H groups in total. The van der Waals surface area contributed by atoms with Crippen molar-refractivity contribution in [2.75, 3.05) is 27.7 Å². The Bertz CT molecular complexity index is 930. The monoisotopic (exact) mass is 393 g/mol. The molecule has 0 aliphatic carbocycles. The molecular formula is C19H24FN3O3S. The molecule has 0 aliphatic rings. The molecule has 0 bridgehead atoms. The Morgan fingerprint density at radius 1 is 1.19 bits per heavy atom. The van der Waals surface area contributed by atoms with Crippen LogP contribution in [0, 0.1) is 12.7 Å². The Balaban J connectivity index is 2.22. The molecule has 0 aromatic heterocycles. The summed E-state index contributed by atoms with van der Waals surface area (Å²) in [7, 11) is 1.35. The number of carbonyl (C=O) groups excluding carboxylic acids is 1. The van der Waals surface area contributed by atoms with Crippen LogP contribution in [-0.4, -0.2) is 46.9 Å². The summed E-state index contributed by atoms with van der Waals surface area (Å²) in [6.45, 7) is 1.98. The van der Waals surface area contributed by atoms with Crippen molar-refractivity contribution >= 4 is 15.9 Å². The lowest BCUT2D eigenvalue weighted by Crippen LogP contribution is -2.35. The summed E-state index contributed by atoms with van der Waals surface area (Å²) in [5, 5.41) is 2.82. The SMILES string of the molecule is CNS(=O)(=O)c1ccc(C)c(C(=O)NCC(c2cccc(F)c2)N(C)C)c1. The molecule has 146 valence electrons. The van der Waals surface area contributed by atoms with Gasteiger partial charge in [-0.25, -0.2) is 17.5 Å². The van der Waals surface area contributed by atoms with Crippen LogP contribution in [0.1, 0.15) is 27.5 Å². The van der Waals surface area contributed by atoms with E-state index in [1.807, 2.05) is 19.0 Å². The van der Waals surface area contributed by atoms with Gasteiger partial charge >= 0.3 is 0 Å². The van der Waals surface area contributed by atoms with Crippen molar-refractivity contribution in [3.63, 3.8) is 0 Å². The number of benzene rings is 2. The van der Waals surface area contributed by atoms with Crippen molar-refractivity contribution in [2.45, 2.75) is 17.9 Å². The Kier molecular flexibility index (Phi) is 6.69. The first-order valence-electron chi connectivity index (χ1n) is 8.40. The third-order valence-electron chi connectivity index (χ3n) is 4.35. The van der Waals surface area contributed by atoms with Gasteiger partial charge in [0.05, 0.1) is 10.9 Å². The van der Waals surface area contributed by atoms with Crippen LogP contribution >= 0.6 is 0 Å². The number of aryl methyl sites for hydroxylation is 1. The molecule has 0 heterocycles. The van der Waals surface area contributed by atoms with E-state index in [0.717, 1.165) is 5.56 Å². The van der Waals surface area contributed by atoms with E-state index in [9.17, 15) is 17.6 Å². The number of hydrogen-bond donors (Lipinski definition) is 2. The fourth-order valence-corrected chi connectivity index (χ4v) is 3.48. The first-order chi connectivity index (χ1) is 12.7. The normalized spacial score (nSPS) is 12.8. The van der Waals surface area contributed by atoms with Crippen molar-refractivity contribution in [3.8, 4) is 0 Å². The Labute approximate surface area is 159 Å². The Morgan fingerprint density at radius 3 is 2.48 bits per heavy atom. The van der Waals surface area contributed by atoms with Gasteiger partial charge in [-0.1, -0.05) is 18.2 Å². The molecule has 0 saturated heterocycles. The average Bonchev–Trinajstić information content (AvgIpc) is 2.61. The summed E-state index contributed by atoms with van der Waals surface area (Å²) in [4.78, 5) is 14.5. The number of rotatable bonds is 7. The van der Waals surface area contributed by atoms with E-state index in [4.69, 9.17) is 0 Å². The molecule has 0 fully saturated rings. The van der Waals surface area contributed by atoms with Crippen LogP contribution in [0.25, 0.3) is 0 Å². The van der Waals surface area contributed by atoms with Crippen LogP contribution in [0.3, 0.4) is 0 Å². The lowest BCUT2D eigenvalue weighted by Gasteiger charge is -2.25. The van der Waals surface area contributed by atoms with Gasteiger partial charge in [0.2, 0.25) is 10.0 Å². The second-order valence-corrected chi connectivity index (χ2v) is 8.32. The molecule has 8 heteroatoms. The first-order valence-corrected chi connectivity index (χ1v) is 9.88. The minimum atomic E-state index is -3.64. The molecule has 2 rings (SSSR count). The second kappa shape index (κ2) is 8.60. The highest BCUT2D eigenvalue weighted by molar-refractivity contribution is 7.89. The van der Waals surface area contributed by atoms with E-state index in [-0.39, 0.29) is 34.8 Å². The number of sulfonamides is 1. The first kappa shape index (κ1) is 21.0. The highest BCUT2D eigenvalue weighted by atomic mass is 32.2. The number of amides is 1. The topological polar surface area (TPSA) is 78.5 Å². The van der Waals surface area contributed by atoms with E-state index in [1.165, 1.54) is 31.3 Å². The van der Waals surface area contributed by atoms with E-state index < -0.39 is 10.0 Å². The van der Waals surface area contributed by atoms with E-state index >= 15 is 0 Å². The van der Waals surface area contributed by atoms with Gasteiger partial charge in [0, 0.05) is 12.1 Å². The van der Waals surface area contributed by atoms with Crippen LogP contribution in [0.4, 0.5) is 4.39 Å². The number of nitrogens with one attached hydrogen (secondary N) is 2. The van der Waals surface area contributed by atoms with Crippen molar-refractivity contribution in [3.05, 3.63) is 65.0 Å². The van der Waals surface area contributed by atoms with Crippen LogP contribution in [0.15, 0.2) is 47.4 Å². The van der Waals surface area contributed by atoms with E-state index in [2.05, 4.69) is 10.0 Å². The zero-order chi connectivity index (χ0) is 20.2. The Hall–Kier alpha value is -2.29. The van der Waals surface area contributed by atoms with Crippen LogP contribution in [0.5, 0.6) is 0 Å². The van der Waals surface area contributed by atoms with Gasteiger partial charge in [-0.15, -0.1) is 0 Å². The largest absolute Gasteiger partial charge is 0.350 e. The zero-order valence-electron chi connectivity index (χ0n) is 15.8. The minimum absolute atomic E-state index is 0.0232. The predicted molar refractivity (Wildman–Crippen MR) is 103 cm³/mol. The summed E-state index contributed by atoms with van der Waals surface area (Å²) in [6, 6.07) is 10.4. The standard InChI is InChI=1S/C19H24FN3O3S/c1-13-8-9-16(27(25,26)21-2)11-17(13)19(24)22-12-18(23(3)4)14-6-5-7-15(20)10-14/h5-11,18,21H,12H2,1-4H3,(H,22,24). The van der Waals surface area contributed by atoms with Gasteiger partial charge in [-0.05, 0) is 63.5 Å². The van der Waals surface area contributed by atoms with Gasteiger partial charge in [0.25, 0.3) is 5.91 Å². The highest BCUT2D eigenvalue weighted by Gasteiger charge is 2.19. The van der Waals surface area contributed by atoms with Crippen LogP contribution in [-0.2, 0) is 10.0 Å². The van der Waals surface area contributed by atoms with E-state index in [1.54, 1.807) is 25.1 Å². The summed E-state index contributed by atoms with van der Waals surface area (Å²) in [5.41, 5.74) is 1.68. The van der Waals surface area contributed by atoms with Gasteiger partial charge in [0.1, 0.15) is 5.82 Å². The van der Waals surface area contributed by atoms with Gasteiger partial charge < -0.3 is 10.2 Å². The molecule has 6 nitrogen and oxygen atoms in total. The molecular weight excluding hydrogens is 369 g/mol. The molecule has 0 saturated carbocycles. The summed E-state index contributed by atoms with van der Waals surface area (Å²) in [6.07, 6.45) is 0. The summed E-state index contributed by atoms with van der Waals surface area (Å²) in [5.74, 6) is -0.726. The number of hydrogen-bond acceptors (Lipinski definition) is 4. The van der Waals surface area contributed by atoms with Crippen LogP contribution < -0.4 is 10.0 Å². The van der Waals surface area contributed by atoms with Crippen molar-refractivity contribution in [1.29, 1.82) is 0 Å². The van der Waals surface area contributed by atoms with Gasteiger partial charge in [0.15, 0.2) is 0 Å². The third-order valence-corrected chi connectivity index (χ3v) is 5.76. The van der Waals surface area contributed by atoms with Crippen molar-refractivity contribution < 1.29 is 17.6 Å². The summed E-state index contributed by atoms with van der Waals surface area (Å²) >= 11 is 0. The maximum atomic E-state index is 13.5. The zero-order valence-corrected chi connectivity index (χ0v) is 16.6. The Morgan fingerprint density at radius 2 is 1.89 bits per heavy atom. The lowest BCUT2D eigenvalue weighted by molar-refractivity contribution is 0.0941. The molecule has 0 aliphatic heterocycles. The maximum absolute atomic E-state index is 13.5. The molecule has 1 amide bonds. The highest BCUT2D eigenvalue weighted by Crippen LogP contribution is 2.19. The maximum Gasteiger partial charge on any atom is 0.251 e. The molecule has 27 heavy (non-hydrogen) atoms. The molecule has 2 aromatic rings. The molecule has 1 atom stereocenters. The fourth-order valence-electron chi connectivity index (χ4n) is 2.73. The molecule has 1 unspecified atom stereocenters. The quantitative estimate of drug-likeness (QED) is 0.755. The molecule has 0 radical (unpaired) electrons. The molecule has 0 spiro atoms. The van der Waals surface area contributed by atoms with Crippen LogP contribution in [0.2, 0.25) is 0 Å². The van der Waals surface area contributed by atoms with Gasteiger partial charge in [-0.3, -0.25) is 4.79 Å². The van der Waals surface area contributed by atoms with E-state index in [0.29, 0.717) is 5.56 Å². The number of nitrogens with zero attached hydrogens (tertiary/aromatic N) is 1. The smallest absolute Gasteiger partial charge is 0.251 e. The predicted octanol–water partition coefficient (Wildman–Crippen LogP) is 2.07. The van der Waals surface area contributed by atoms with Crippen molar-refractivity contribution in [2.24, 2.45) is 0 Å². The van der Waals surface area contributed by atoms with Gasteiger partial charge in [-0.2, -0.15) is 0 Å². The fraction of sp³-hybridized carbons (Fsp3) is 0.316. The minimum Gasteiger partial charge on any atom is -0.350 e. The molecule has 2 aromatic carbocycles. The number of carbonyl (C=O) groups is 1. The summed E-state index contributed by atoms with van der Waals surface area (Å²) < 4.78 is 39.7. The number of halogens is 1.